The van der Waals surface area contributed by atoms with E-state index in [1.165, 1.54) is 5.56 Å². The van der Waals surface area contributed by atoms with Crippen LogP contribution >= 0.6 is 0 Å². The van der Waals surface area contributed by atoms with Crippen LogP contribution in [0.5, 0.6) is 0 Å². The highest BCUT2D eigenvalue weighted by Gasteiger charge is 2.25. The Morgan fingerprint density at radius 3 is 2.53 bits per heavy atom. The fourth-order valence-corrected chi connectivity index (χ4v) is 2.49. The Hall–Kier alpha value is -1.17. The number of nitrogens with zero attached hydrogens (tertiary/aromatic N) is 3. The fourth-order valence-electron chi connectivity index (χ4n) is 2.49. The Morgan fingerprint density at radius 1 is 1.26 bits per heavy atom. The van der Waals surface area contributed by atoms with Crippen molar-refractivity contribution in [3.8, 4) is 0 Å². The molecular weight excluding hydrogens is 238 g/mol. The highest BCUT2D eigenvalue weighted by atomic mass is 15.3. The number of piperazine rings is 1. The maximum atomic E-state index is 5.39. The van der Waals surface area contributed by atoms with Gasteiger partial charge in [0.2, 0.25) is 0 Å². The lowest BCUT2D eigenvalue weighted by molar-refractivity contribution is 0.0591. The number of hydrazine groups is 1. The second-order valence-corrected chi connectivity index (χ2v) is 6.13. The Morgan fingerprint density at radius 2 is 1.95 bits per heavy atom. The Kier molecular flexibility index (Phi) is 4.39. The largest absolute Gasteiger partial charge is 0.308 e. The van der Waals surface area contributed by atoms with Crippen LogP contribution < -0.4 is 11.3 Å². The van der Waals surface area contributed by atoms with Gasteiger partial charge in [-0.05, 0) is 38.5 Å². The second kappa shape index (κ2) is 5.86. The summed E-state index contributed by atoms with van der Waals surface area (Å²) in [5.74, 6) is 6.11. The van der Waals surface area contributed by atoms with Crippen LogP contribution in [0.1, 0.15) is 26.3 Å². The van der Waals surface area contributed by atoms with Crippen molar-refractivity contribution in [1.82, 2.24) is 14.8 Å². The first-order valence-electron chi connectivity index (χ1n) is 6.88. The van der Waals surface area contributed by atoms with Gasteiger partial charge >= 0.3 is 0 Å². The molecule has 0 spiro atoms. The predicted molar refractivity (Wildman–Crippen MR) is 78.7 cm³/mol. The van der Waals surface area contributed by atoms with Crippen LogP contribution in [0.15, 0.2) is 18.3 Å². The lowest BCUT2D eigenvalue weighted by Gasteiger charge is -2.42. The number of hydrogen-bond acceptors (Lipinski definition) is 5. The summed E-state index contributed by atoms with van der Waals surface area (Å²) >= 11 is 0. The first-order valence-corrected chi connectivity index (χ1v) is 6.88. The zero-order valence-electron chi connectivity index (χ0n) is 12.2. The minimum Gasteiger partial charge on any atom is -0.308 e. The lowest BCUT2D eigenvalue weighted by Crippen LogP contribution is -2.53. The van der Waals surface area contributed by atoms with Gasteiger partial charge in [-0.1, -0.05) is 0 Å². The molecule has 19 heavy (non-hydrogen) atoms. The van der Waals surface area contributed by atoms with Crippen molar-refractivity contribution in [2.45, 2.75) is 32.9 Å². The summed E-state index contributed by atoms with van der Waals surface area (Å²) in [6.07, 6.45) is 1.80. The van der Waals surface area contributed by atoms with Gasteiger partial charge in [0, 0.05) is 44.5 Å². The minimum atomic E-state index is 0.277. The van der Waals surface area contributed by atoms with E-state index in [9.17, 15) is 0 Å². The van der Waals surface area contributed by atoms with E-state index < -0.39 is 0 Å². The quantitative estimate of drug-likeness (QED) is 0.635. The molecule has 5 nitrogen and oxygen atoms in total. The summed E-state index contributed by atoms with van der Waals surface area (Å²) in [6, 6.07) is 4.06. The molecule has 0 saturated carbocycles. The number of hydrogen-bond donors (Lipinski definition) is 2. The number of rotatable bonds is 3. The van der Waals surface area contributed by atoms with Crippen molar-refractivity contribution in [1.29, 1.82) is 0 Å². The van der Waals surface area contributed by atoms with Crippen LogP contribution in [0.2, 0.25) is 0 Å². The molecule has 0 radical (unpaired) electrons. The normalized spacial score (nSPS) is 18.5. The highest BCUT2D eigenvalue weighted by Crippen LogP contribution is 2.17. The standard InChI is InChI=1S/C14H25N5/c1-14(2,3)19-8-6-18(7-9-19)11-12-4-5-16-13(10-12)17-15/h4-5,10H,6-9,11,15H2,1-3H3,(H,16,17). The lowest BCUT2D eigenvalue weighted by atomic mass is 10.0. The summed E-state index contributed by atoms with van der Waals surface area (Å²) < 4.78 is 0. The number of nitrogens with one attached hydrogen (secondary N) is 1. The van der Waals surface area contributed by atoms with Crippen LogP contribution in [0.3, 0.4) is 0 Å². The molecule has 0 bridgehead atoms. The van der Waals surface area contributed by atoms with Crippen molar-refractivity contribution >= 4 is 5.82 Å². The fraction of sp³-hybridized carbons (Fsp3) is 0.643. The summed E-state index contributed by atoms with van der Waals surface area (Å²) in [4.78, 5) is 9.16. The maximum absolute atomic E-state index is 5.39. The highest BCUT2D eigenvalue weighted by molar-refractivity contribution is 5.35. The van der Waals surface area contributed by atoms with Gasteiger partial charge in [0.15, 0.2) is 0 Å². The molecule has 3 N–H and O–H groups in total. The Labute approximate surface area is 115 Å². The summed E-state index contributed by atoms with van der Waals surface area (Å²) in [5.41, 5.74) is 4.13. The van der Waals surface area contributed by atoms with Crippen LogP contribution in [0.25, 0.3) is 0 Å². The third kappa shape index (κ3) is 3.89. The number of nitrogen functional groups attached to an aromatic ring is 1. The zero-order chi connectivity index (χ0) is 13.9. The molecule has 106 valence electrons. The van der Waals surface area contributed by atoms with Gasteiger partial charge in [0.1, 0.15) is 5.82 Å². The van der Waals surface area contributed by atoms with Crippen LogP contribution in [0.4, 0.5) is 5.82 Å². The number of pyridine rings is 1. The summed E-state index contributed by atoms with van der Waals surface area (Å²) in [5, 5.41) is 0. The van der Waals surface area contributed by atoms with Crippen LogP contribution in [-0.2, 0) is 6.54 Å². The van der Waals surface area contributed by atoms with Crippen molar-refractivity contribution < 1.29 is 0 Å². The molecule has 2 heterocycles. The average molecular weight is 263 g/mol. The monoisotopic (exact) mass is 263 g/mol. The molecule has 0 atom stereocenters. The molecule has 1 aromatic rings. The Balaban J connectivity index is 1.88. The van der Waals surface area contributed by atoms with Crippen molar-refractivity contribution in [2.24, 2.45) is 5.84 Å². The molecule has 5 heteroatoms. The van der Waals surface area contributed by atoms with Gasteiger partial charge in [0.05, 0.1) is 0 Å². The van der Waals surface area contributed by atoms with E-state index in [4.69, 9.17) is 5.84 Å². The minimum absolute atomic E-state index is 0.277. The van der Waals surface area contributed by atoms with Gasteiger partial charge in [-0.15, -0.1) is 0 Å². The molecule has 1 aliphatic rings. The van der Waals surface area contributed by atoms with Crippen molar-refractivity contribution in [2.75, 3.05) is 31.6 Å². The van der Waals surface area contributed by atoms with E-state index >= 15 is 0 Å². The molecule has 1 aliphatic heterocycles. The SMILES string of the molecule is CC(C)(C)N1CCN(Cc2ccnc(NN)c2)CC1. The van der Waals surface area contributed by atoms with Gasteiger partial charge in [-0.3, -0.25) is 9.80 Å². The molecule has 1 fully saturated rings. The molecule has 0 unspecified atom stereocenters. The van der Waals surface area contributed by atoms with Gasteiger partial charge in [-0.25, -0.2) is 10.8 Å². The van der Waals surface area contributed by atoms with E-state index in [2.05, 4.69) is 47.0 Å². The van der Waals surface area contributed by atoms with E-state index in [0.29, 0.717) is 0 Å². The van der Waals surface area contributed by atoms with Crippen LogP contribution in [-0.4, -0.2) is 46.5 Å². The third-order valence-electron chi connectivity index (χ3n) is 3.70. The molecule has 2 rings (SSSR count). The predicted octanol–water partition coefficient (Wildman–Crippen LogP) is 1.28. The Bertz CT molecular complexity index is 405. The summed E-state index contributed by atoms with van der Waals surface area (Å²) in [7, 11) is 0. The molecule has 0 aliphatic carbocycles. The van der Waals surface area contributed by atoms with Crippen LogP contribution in [0, 0.1) is 0 Å². The number of anilines is 1. The van der Waals surface area contributed by atoms with Gasteiger partial charge < -0.3 is 5.43 Å². The topological polar surface area (TPSA) is 57.4 Å². The first-order chi connectivity index (χ1) is 8.99. The smallest absolute Gasteiger partial charge is 0.140 e. The average Bonchev–Trinajstić information content (AvgIpc) is 2.38. The van der Waals surface area contributed by atoms with Gasteiger partial charge in [0.25, 0.3) is 0 Å². The molecular formula is C14H25N5. The molecule has 0 aromatic carbocycles. The van der Waals surface area contributed by atoms with Crippen molar-refractivity contribution in [3.63, 3.8) is 0 Å². The summed E-state index contributed by atoms with van der Waals surface area (Å²) in [6.45, 7) is 12.3. The van der Waals surface area contributed by atoms with E-state index in [0.717, 1.165) is 38.5 Å². The first kappa shape index (κ1) is 14.2. The third-order valence-corrected chi connectivity index (χ3v) is 3.70. The zero-order valence-corrected chi connectivity index (χ0v) is 12.2. The molecule has 1 aromatic heterocycles. The van der Waals surface area contributed by atoms with Crippen molar-refractivity contribution in [3.05, 3.63) is 23.9 Å². The van der Waals surface area contributed by atoms with Gasteiger partial charge in [-0.2, -0.15) is 0 Å². The van der Waals surface area contributed by atoms with E-state index in [-0.39, 0.29) is 5.54 Å². The molecule has 1 saturated heterocycles. The second-order valence-electron chi connectivity index (χ2n) is 6.13. The van der Waals surface area contributed by atoms with E-state index in [1.807, 2.05) is 6.07 Å². The van der Waals surface area contributed by atoms with E-state index in [1.54, 1.807) is 6.20 Å². The number of nitrogens with two attached hydrogens (primary N) is 1. The maximum Gasteiger partial charge on any atom is 0.140 e. The number of aromatic nitrogens is 1. The molecule has 0 amide bonds.